The van der Waals surface area contributed by atoms with E-state index in [-0.39, 0.29) is 23.9 Å². The minimum Gasteiger partial charge on any atom is -0.487 e. The van der Waals surface area contributed by atoms with Gasteiger partial charge in [0.25, 0.3) is 5.91 Å². The summed E-state index contributed by atoms with van der Waals surface area (Å²) in [7, 11) is 0. The Balaban J connectivity index is 1.58. The number of carbonyl (C=O) groups is 1. The highest BCUT2D eigenvalue weighted by atomic mass is 16.6. The van der Waals surface area contributed by atoms with E-state index in [9.17, 15) is 4.79 Å². The molecular weight excluding hydrogens is 388 g/mol. The van der Waals surface area contributed by atoms with Gasteiger partial charge < -0.3 is 10.5 Å². The standard InChI is InChI=1S/C19H16N8O3/c20-17-18(25-30-24-17)27-15(12-29-14-9-5-2-6-10-14)16(22-26-27)19(28)23-21-11-13-7-3-1-4-8-13/h1-11H,12H2,(H2,20,24)(H,23,28). The monoisotopic (exact) mass is 404 g/mol. The minimum absolute atomic E-state index is 0.00135. The molecule has 0 bridgehead atoms. The van der Waals surface area contributed by atoms with Crippen molar-refractivity contribution in [3.05, 3.63) is 77.6 Å². The third-order valence-corrected chi connectivity index (χ3v) is 3.97. The molecule has 30 heavy (non-hydrogen) atoms. The fourth-order valence-corrected chi connectivity index (χ4v) is 2.54. The fourth-order valence-electron chi connectivity index (χ4n) is 2.54. The van der Waals surface area contributed by atoms with Crippen LogP contribution in [0.1, 0.15) is 21.7 Å². The summed E-state index contributed by atoms with van der Waals surface area (Å²) in [4.78, 5) is 12.6. The van der Waals surface area contributed by atoms with Crippen LogP contribution < -0.4 is 15.9 Å². The van der Waals surface area contributed by atoms with E-state index in [1.54, 1.807) is 12.1 Å². The number of carbonyl (C=O) groups excluding carboxylic acids is 1. The molecule has 0 unspecified atom stereocenters. The fraction of sp³-hybridized carbons (Fsp3) is 0.0526. The van der Waals surface area contributed by atoms with Crippen LogP contribution in [-0.4, -0.2) is 37.4 Å². The number of nitrogens with two attached hydrogens (primary N) is 1. The van der Waals surface area contributed by atoms with Crippen molar-refractivity contribution < 1.29 is 14.2 Å². The maximum absolute atomic E-state index is 12.6. The highest BCUT2D eigenvalue weighted by molar-refractivity contribution is 5.94. The van der Waals surface area contributed by atoms with Gasteiger partial charge in [0, 0.05) is 0 Å². The second-order valence-electron chi connectivity index (χ2n) is 5.98. The molecule has 0 atom stereocenters. The van der Waals surface area contributed by atoms with E-state index in [4.69, 9.17) is 10.5 Å². The minimum atomic E-state index is -0.574. The average molecular weight is 404 g/mol. The molecule has 0 spiro atoms. The number of rotatable bonds is 7. The lowest BCUT2D eigenvalue weighted by Gasteiger charge is -2.08. The van der Waals surface area contributed by atoms with Gasteiger partial charge in [0.1, 0.15) is 18.1 Å². The Kier molecular flexibility index (Phi) is 5.42. The molecule has 11 nitrogen and oxygen atoms in total. The zero-order valence-corrected chi connectivity index (χ0v) is 15.5. The molecule has 0 aliphatic heterocycles. The van der Waals surface area contributed by atoms with Gasteiger partial charge >= 0.3 is 0 Å². The molecule has 2 aromatic heterocycles. The predicted molar refractivity (Wildman–Crippen MR) is 106 cm³/mol. The number of para-hydroxylation sites is 1. The van der Waals surface area contributed by atoms with Crippen LogP contribution in [0.5, 0.6) is 5.75 Å². The van der Waals surface area contributed by atoms with Crippen LogP contribution >= 0.6 is 0 Å². The molecular formula is C19H16N8O3. The Hall–Kier alpha value is -4.54. The number of aromatic nitrogens is 5. The van der Waals surface area contributed by atoms with Crippen molar-refractivity contribution in [2.45, 2.75) is 6.61 Å². The summed E-state index contributed by atoms with van der Waals surface area (Å²) in [5, 5.41) is 19.1. The summed E-state index contributed by atoms with van der Waals surface area (Å²) in [6.45, 7) is -0.0333. The zero-order valence-electron chi connectivity index (χ0n) is 15.5. The Morgan fingerprint density at radius 3 is 2.57 bits per heavy atom. The molecule has 0 radical (unpaired) electrons. The van der Waals surface area contributed by atoms with Crippen LogP contribution in [0, 0.1) is 0 Å². The van der Waals surface area contributed by atoms with Gasteiger partial charge in [-0.1, -0.05) is 53.7 Å². The summed E-state index contributed by atoms with van der Waals surface area (Å²) in [5.41, 5.74) is 9.31. The first-order valence-corrected chi connectivity index (χ1v) is 8.81. The highest BCUT2D eigenvalue weighted by Gasteiger charge is 2.24. The number of anilines is 1. The van der Waals surface area contributed by atoms with Crippen LogP contribution in [0.15, 0.2) is 70.4 Å². The Bertz CT molecular complexity index is 1160. The van der Waals surface area contributed by atoms with Gasteiger partial charge in [-0.15, -0.1) is 5.10 Å². The molecule has 0 aliphatic rings. The van der Waals surface area contributed by atoms with Crippen molar-refractivity contribution >= 4 is 17.9 Å². The highest BCUT2D eigenvalue weighted by Crippen LogP contribution is 2.18. The van der Waals surface area contributed by atoms with Crippen molar-refractivity contribution in [1.29, 1.82) is 0 Å². The molecule has 0 saturated heterocycles. The topological polar surface area (TPSA) is 146 Å². The van der Waals surface area contributed by atoms with Crippen LogP contribution in [-0.2, 0) is 6.61 Å². The molecule has 150 valence electrons. The maximum Gasteiger partial charge on any atom is 0.293 e. The van der Waals surface area contributed by atoms with Gasteiger partial charge in [0.05, 0.1) is 6.21 Å². The molecule has 2 heterocycles. The summed E-state index contributed by atoms with van der Waals surface area (Å²) >= 11 is 0. The number of ether oxygens (including phenoxy) is 1. The third-order valence-electron chi connectivity index (χ3n) is 3.97. The van der Waals surface area contributed by atoms with Gasteiger partial charge in [0.15, 0.2) is 5.69 Å². The SMILES string of the molecule is Nc1nonc1-n1nnc(C(=O)NN=Cc2ccccc2)c1COc1ccccc1. The number of hydrogen-bond donors (Lipinski definition) is 2. The first-order valence-electron chi connectivity index (χ1n) is 8.81. The first kappa shape index (κ1) is 18.8. The number of nitrogens with zero attached hydrogens (tertiary/aromatic N) is 6. The molecule has 4 rings (SSSR count). The lowest BCUT2D eigenvalue weighted by molar-refractivity contribution is 0.0947. The normalized spacial score (nSPS) is 10.9. The van der Waals surface area contributed by atoms with Gasteiger partial charge in [-0.25, -0.2) is 10.1 Å². The molecule has 0 aliphatic carbocycles. The van der Waals surface area contributed by atoms with Gasteiger partial charge in [-0.05, 0) is 28.0 Å². The number of hydrogen-bond acceptors (Lipinski definition) is 9. The van der Waals surface area contributed by atoms with E-state index in [0.29, 0.717) is 11.4 Å². The van der Waals surface area contributed by atoms with Crippen molar-refractivity contribution in [3.8, 4) is 11.6 Å². The molecule has 1 amide bonds. The predicted octanol–water partition coefficient (Wildman–Crippen LogP) is 1.58. The second kappa shape index (κ2) is 8.65. The number of benzene rings is 2. The van der Waals surface area contributed by atoms with Gasteiger partial charge in [-0.2, -0.15) is 9.78 Å². The van der Waals surface area contributed by atoms with Crippen LogP contribution in [0.2, 0.25) is 0 Å². The first-order chi connectivity index (χ1) is 14.7. The van der Waals surface area contributed by atoms with E-state index in [2.05, 4.69) is 35.8 Å². The summed E-state index contributed by atoms with van der Waals surface area (Å²) < 4.78 is 11.6. The summed E-state index contributed by atoms with van der Waals surface area (Å²) in [5.74, 6) is 0.121. The van der Waals surface area contributed by atoms with E-state index in [1.807, 2.05) is 48.5 Å². The Morgan fingerprint density at radius 1 is 1.13 bits per heavy atom. The molecule has 0 fully saturated rings. The lowest BCUT2D eigenvalue weighted by atomic mass is 10.2. The summed E-state index contributed by atoms with van der Waals surface area (Å²) in [6.07, 6.45) is 1.52. The second-order valence-corrected chi connectivity index (χ2v) is 5.98. The lowest BCUT2D eigenvalue weighted by Crippen LogP contribution is -2.21. The zero-order chi connectivity index (χ0) is 20.8. The van der Waals surface area contributed by atoms with E-state index < -0.39 is 5.91 Å². The van der Waals surface area contributed by atoms with Gasteiger partial charge in [0.2, 0.25) is 11.6 Å². The van der Waals surface area contributed by atoms with E-state index in [1.165, 1.54) is 10.9 Å². The van der Waals surface area contributed by atoms with Gasteiger partial charge in [-0.3, -0.25) is 4.79 Å². The number of amides is 1. The van der Waals surface area contributed by atoms with Crippen molar-refractivity contribution in [3.63, 3.8) is 0 Å². The van der Waals surface area contributed by atoms with Crippen molar-refractivity contribution in [2.24, 2.45) is 5.10 Å². The Labute approximate surface area is 170 Å². The number of nitrogens with one attached hydrogen (secondary N) is 1. The number of hydrazone groups is 1. The van der Waals surface area contributed by atoms with Crippen LogP contribution in [0.3, 0.4) is 0 Å². The van der Waals surface area contributed by atoms with Crippen LogP contribution in [0.25, 0.3) is 5.82 Å². The van der Waals surface area contributed by atoms with E-state index >= 15 is 0 Å². The average Bonchev–Trinajstić information content (AvgIpc) is 3.39. The molecule has 0 saturated carbocycles. The van der Waals surface area contributed by atoms with Crippen LogP contribution in [0.4, 0.5) is 5.82 Å². The summed E-state index contributed by atoms with van der Waals surface area (Å²) in [6, 6.07) is 18.4. The molecule has 2 aromatic carbocycles. The third kappa shape index (κ3) is 4.14. The quantitative estimate of drug-likeness (QED) is 0.349. The molecule has 11 heteroatoms. The number of nitrogen functional groups attached to an aromatic ring is 1. The Morgan fingerprint density at radius 2 is 1.87 bits per heavy atom. The molecule has 3 N–H and O–H groups in total. The van der Waals surface area contributed by atoms with Crippen molar-refractivity contribution in [2.75, 3.05) is 5.73 Å². The van der Waals surface area contributed by atoms with E-state index in [0.717, 1.165) is 5.56 Å². The largest absolute Gasteiger partial charge is 0.487 e. The maximum atomic E-state index is 12.6. The molecule has 4 aromatic rings. The smallest absolute Gasteiger partial charge is 0.293 e. The van der Waals surface area contributed by atoms with Crippen molar-refractivity contribution in [1.82, 2.24) is 30.7 Å².